The average Bonchev–Trinajstić information content (AvgIpc) is 2.29. The van der Waals surface area contributed by atoms with E-state index in [9.17, 15) is 18.0 Å². The molecular formula is C11H11ClF3NO2. The van der Waals surface area contributed by atoms with Gasteiger partial charge in [-0.3, -0.25) is 0 Å². The number of benzene rings is 1. The minimum absolute atomic E-state index is 0.111. The van der Waals surface area contributed by atoms with Gasteiger partial charge in [0, 0.05) is 0 Å². The third kappa shape index (κ3) is 3.53. The lowest BCUT2D eigenvalue weighted by Crippen LogP contribution is -2.27. The minimum Gasteiger partial charge on any atom is -0.467 e. The van der Waals surface area contributed by atoms with E-state index < -0.39 is 23.8 Å². The molecule has 1 atom stereocenters. The maximum atomic E-state index is 12.4. The van der Waals surface area contributed by atoms with Crippen molar-refractivity contribution in [2.45, 2.75) is 19.1 Å². The van der Waals surface area contributed by atoms with Crippen molar-refractivity contribution >= 4 is 23.3 Å². The second-order valence-electron chi connectivity index (χ2n) is 3.58. The second-order valence-corrected chi connectivity index (χ2v) is 3.99. The van der Waals surface area contributed by atoms with E-state index in [4.69, 9.17) is 11.6 Å². The predicted octanol–water partition coefficient (Wildman–Crippen LogP) is 3.33. The fraction of sp³-hybridized carbons (Fsp3) is 0.364. The SMILES string of the molecule is COC(=O)C(C)Nc1ccc(C(F)(F)F)cc1Cl. The zero-order valence-corrected chi connectivity index (χ0v) is 10.4. The molecule has 0 aromatic heterocycles. The van der Waals surface area contributed by atoms with Crippen LogP contribution in [0.3, 0.4) is 0 Å². The molecule has 0 heterocycles. The summed E-state index contributed by atoms with van der Waals surface area (Å²) in [4.78, 5) is 11.1. The molecule has 7 heteroatoms. The smallest absolute Gasteiger partial charge is 0.416 e. The van der Waals surface area contributed by atoms with E-state index >= 15 is 0 Å². The molecule has 0 saturated carbocycles. The van der Waals surface area contributed by atoms with Gasteiger partial charge in [0.1, 0.15) is 6.04 Å². The topological polar surface area (TPSA) is 38.3 Å². The number of alkyl halides is 3. The highest BCUT2D eigenvalue weighted by molar-refractivity contribution is 6.33. The number of ether oxygens (including phenoxy) is 1. The Balaban J connectivity index is 2.90. The Morgan fingerprint density at radius 3 is 2.50 bits per heavy atom. The molecule has 1 N–H and O–H groups in total. The van der Waals surface area contributed by atoms with Gasteiger partial charge in [0.15, 0.2) is 0 Å². The van der Waals surface area contributed by atoms with Crippen LogP contribution in [-0.4, -0.2) is 19.1 Å². The van der Waals surface area contributed by atoms with Crippen LogP contribution in [0.4, 0.5) is 18.9 Å². The van der Waals surface area contributed by atoms with Crippen LogP contribution in [0.25, 0.3) is 0 Å². The van der Waals surface area contributed by atoms with Gasteiger partial charge in [0.25, 0.3) is 0 Å². The van der Waals surface area contributed by atoms with E-state index in [0.29, 0.717) is 0 Å². The van der Waals surface area contributed by atoms with Crippen LogP contribution in [0.1, 0.15) is 12.5 Å². The first-order valence-electron chi connectivity index (χ1n) is 4.97. The zero-order chi connectivity index (χ0) is 13.9. The molecule has 0 bridgehead atoms. The lowest BCUT2D eigenvalue weighted by Gasteiger charge is -2.15. The summed E-state index contributed by atoms with van der Waals surface area (Å²) in [5.41, 5.74) is -0.605. The fourth-order valence-electron chi connectivity index (χ4n) is 1.28. The van der Waals surface area contributed by atoms with Crippen LogP contribution in [0.2, 0.25) is 5.02 Å². The Morgan fingerprint density at radius 2 is 2.06 bits per heavy atom. The first-order chi connectivity index (χ1) is 8.25. The Kier molecular flexibility index (Phi) is 4.45. The van der Waals surface area contributed by atoms with E-state index in [1.54, 1.807) is 0 Å². The summed E-state index contributed by atoms with van der Waals surface area (Å²) >= 11 is 5.71. The Morgan fingerprint density at radius 1 is 1.44 bits per heavy atom. The summed E-state index contributed by atoms with van der Waals surface area (Å²) in [5.74, 6) is -0.536. The van der Waals surface area contributed by atoms with E-state index in [0.717, 1.165) is 12.1 Å². The van der Waals surface area contributed by atoms with Crippen LogP contribution >= 0.6 is 11.6 Å². The average molecular weight is 282 g/mol. The zero-order valence-electron chi connectivity index (χ0n) is 9.64. The molecule has 1 aromatic carbocycles. The molecule has 1 aromatic rings. The van der Waals surface area contributed by atoms with Crippen LogP contribution in [0, 0.1) is 0 Å². The van der Waals surface area contributed by atoms with Gasteiger partial charge in [-0.05, 0) is 25.1 Å². The van der Waals surface area contributed by atoms with Crippen molar-refractivity contribution in [3.8, 4) is 0 Å². The number of hydrogen-bond acceptors (Lipinski definition) is 3. The van der Waals surface area contributed by atoms with Gasteiger partial charge in [0.05, 0.1) is 23.4 Å². The molecule has 0 fully saturated rings. The van der Waals surface area contributed by atoms with Gasteiger partial charge >= 0.3 is 12.1 Å². The van der Waals surface area contributed by atoms with Crippen LogP contribution in [-0.2, 0) is 15.7 Å². The Labute approximate surface area is 107 Å². The number of carbonyl (C=O) groups is 1. The third-order valence-corrected chi connectivity index (χ3v) is 2.54. The van der Waals surface area contributed by atoms with Gasteiger partial charge in [-0.25, -0.2) is 4.79 Å². The number of nitrogens with one attached hydrogen (secondary N) is 1. The molecule has 18 heavy (non-hydrogen) atoms. The van der Waals surface area contributed by atoms with Gasteiger partial charge in [-0.1, -0.05) is 11.6 Å². The van der Waals surface area contributed by atoms with E-state index in [-0.39, 0.29) is 10.7 Å². The van der Waals surface area contributed by atoms with Crippen molar-refractivity contribution in [1.82, 2.24) is 0 Å². The third-order valence-electron chi connectivity index (χ3n) is 2.22. The number of carbonyl (C=O) groups excluding carboxylic acids is 1. The lowest BCUT2D eigenvalue weighted by molar-refractivity contribution is -0.141. The second kappa shape index (κ2) is 5.48. The largest absolute Gasteiger partial charge is 0.467 e. The van der Waals surface area contributed by atoms with Gasteiger partial charge in [0.2, 0.25) is 0 Å². The Hall–Kier alpha value is -1.43. The van der Waals surface area contributed by atoms with E-state index in [1.807, 2.05) is 0 Å². The van der Waals surface area contributed by atoms with Crippen LogP contribution in [0.15, 0.2) is 18.2 Å². The van der Waals surface area contributed by atoms with E-state index in [2.05, 4.69) is 10.1 Å². The molecule has 1 unspecified atom stereocenters. The highest BCUT2D eigenvalue weighted by Gasteiger charge is 2.31. The molecule has 3 nitrogen and oxygen atoms in total. The summed E-state index contributed by atoms with van der Waals surface area (Å²) in [5, 5.41) is 2.56. The summed E-state index contributed by atoms with van der Waals surface area (Å²) in [6.07, 6.45) is -4.45. The molecule has 1 rings (SSSR count). The van der Waals surface area contributed by atoms with Crippen molar-refractivity contribution in [3.63, 3.8) is 0 Å². The molecule has 100 valence electrons. The highest BCUT2D eigenvalue weighted by Crippen LogP contribution is 2.33. The molecule has 0 aliphatic carbocycles. The molecule has 0 spiro atoms. The number of methoxy groups -OCH3 is 1. The maximum absolute atomic E-state index is 12.4. The van der Waals surface area contributed by atoms with E-state index in [1.165, 1.54) is 20.1 Å². The first-order valence-corrected chi connectivity index (χ1v) is 5.34. The van der Waals surface area contributed by atoms with Crippen molar-refractivity contribution in [1.29, 1.82) is 0 Å². The summed E-state index contributed by atoms with van der Waals surface area (Å²) in [6.45, 7) is 1.51. The first kappa shape index (κ1) is 14.6. The fourth-order valence-corrected chi connectivity index (χ4v) is 1.51. The molecule has 0 aliphatic heterocycles. The number of halogens is 4. The van der Waals surface area contributed by atoms with Gasteiger partial charge in [-0.15, -0.1) is 0 Å². The summed E-state index contributed by atoms with van der Waals surface area (Å²) < 4.78 is 41.7. The number of rotatable bonds is 3. The Bertz CT molecular complexity index is 448. The normalized spacial score (nSPS) is 13.0. The van der Waals surface area contributed by atoms with Gasteiger partial charge < -0.3 is 10.1 Å². The summed E-state index contributed by atoms with van der Waals surface area (Å²) in [7, 11) is 1.22. The van der Waals surface area contributed by atoms with Crippen molar-refractivity contribution in [2.75, 3.05) is 12.4 Å². The lowest BCUT2D eigenvalue weighted by atomic mass is 10.2. The van der Waals surface area contributed by atoms with Gasteiger partial charge in [-0.2, -0.15) is 13.2 Å². The van der Waals surface area contributed by atoms with Crippen molar-refractivity contribution in [3.05, 3.63) is 28.8 Å². The monoisotopic (exact) mass is 281 g/mol. The molecule has 0 saturated heterocycles. The quantitative estimate of drug-likeness (QED) is 0.864. The van der Waals surface area contributed by atoms with Crippen LogP contribution < -0.4 is 5.32 Å². The minimum atomic E-state index is -4.45. The van der Waals surface area contributed by atoms with Crippen LogP contribution in [0.5, 0.6) is 0 Å². The predicted molar refractivity (Wildman–Crippen MR) is 61.6 cm³/mol. The molecule has 0 amide bonds. The number of hydrogen-bond donors (Lipinski definition) is 1. The summed E-state index contributed by atoms with van der Waals surface area (Å²) in [6, 6.07) is 2.15. The maximum Gasteiger partial charge on any atom is 0.416 e. The van der Waals surface area contributed by atoms with Crippen molar-refractivity contribution < 1.29 is 22.7 Å². The standard InChI is InChI=1S/C11H11ClF3NO2/c1-6(10(17)18-2)16-9-4-3-7(5-8(9)12)11(13,14)15/h3-6,16H,1-2H3. The molecule has 0 aliphatic rings. The number of esters is 1. The number of anilines is 1. The highest BCUT2D eigenvalue weighted by atomic mass is 35.5. The molecular weight excluding hydrogens is 271 g/mol. The molecule has 0 radical (unpaired) electrons. The van der Waals surface area contributed by atoms with Crippen molar-refractivity contribution in [2.24, 2.45) is 0 Å².